The number of pyridine rings is 1. The molecule has 0 radical (unpaired) electrons. The summed E-state index contributed by atoms with van der Waals surface area (Å²) in [6.07, 6.45) is 4.30. The molecule has 0 saturated carbocycles. The number of benzene rings is 2. The third-order valence-electron chi connectivity index (χ3n) is 4.69. The molecule has 0 aliphatic rings. The van der Waals surface area contributed by atoms with E-state index in [9.17, 15) is 17.2 Å². The van der Waals surface area contributed by atoms with Gasteiger partial charge < -0.3 is 10.6 Å². The topological polar surface area (TPSA) is 76.0 Å². The van der Waals surface area contributed by atoms with E-state index in [2.05, 4.69) is 31.5 Å². The number of hydrogen-bond donors (Lipinski definition) is 2. The molecule has 2 aromatic carbocycles. The number of aromatic nitrogens is 2. The van der Waals surface area contributed by atoms with Gasteiger partial charge >= 0.3 is 0 Å². The molecule has 31 heavy (non-hydrogen) atoms. The third kappa shape index (κ3) is 4.06. The Labute approximate surface area is 186 Å². The first-order valence-corrected chi connectivity index (χ1v) is 11.4. The number of rotatable bonds is 6. The van der Waals surface area contributed by atoms with Crippen LogP contribution in [0.4, 0.5) is 20.2 Å². The maximum atomic E-state index is 14.3. The Morgan fingerprint density at radius 1 is 1.13 bits per heavy atom. The lowest BCUT2D eigenvalue weighted by atomic mass is 10.1. The molecule has 160 valence electrons. The molecule has 2 heterocycles. The second-order valence-electron chi connectivity index (χ2n) is 6.78. The molecule has 0 spiro atoms. The fourth-order valence-corrected chi connectivity index (χ4v) is 5.04. The second-order valence-corrected chi connectivity index (χ2v) is 9.51. The van der Waals surface area contributed by atoms with Gasteiger partial charge in [-0.1, -0.05) is 22.0 Å². The summed E-state index contributed by atoms with van der Waals surface area (Å²) in [6.45, 7) is 0.439. The minimum Gasteiger partial charge on any atom is -0.351 e. The highest BCUT2D eigenvalue weighted by molar-refractivity contribution is 9.10. The minimum absolute atomic E-state index is 0.0336. The van der Waals surface area contributed by atoms with E-state index < -0.39 is 21.7 Å². The van der Waals surface area contributed by atoms with Gasteiger partial charge in [0, 0.05) is 40.7 Å². The van der Waals surface area contributed by atoms with Crippen LogP contribution >= 0.6 is 15.9 Å². The monoisotopic (exact) mass is 506 g/mol. The Balaban J connectivity index is 1.86. The maximum absolute atomic E-state index is 14.3. The van der Waals surface area contributed by atoms with Crippen LogP contribution in [0.25, 0.3) is 10.9 Å². The zero-order valence-electron chi connectivity index (χ0n) is 16.2. The predicted molar refractivity (Wildman–Crippen MR) is 119 cm³/mol. The number of anilines is 2. The number of nitrogens with zero attached hydrogens (tertiary/aromatic N) is 2. The summed E-state index contributed by atoms with van der Waals surface area (Å²) >= 11 is 3.05. The molecule has 0 fully saturated rings. The molecule has 0 amide bonds. The summed E-state index contributed by atoms with van der Waals surface area (Å²) in [4.78, 5) is 3.93. The molecule has 6 nitrogen and oxygen atoms in total. The van der Waals surface area contributed by atoms with Gasteiger partial charge in [-0.15, -0.1) is 0 Å². The molecule has 0 aliphatic heterocycles. The molecule has 4 aromatic rings. The lowest BCUT2D eigenvalue weighted by Crippen LogP contribution is -2.12. The Bertz CT molecular complexity index is 1350. The van der Waals surface area contributed by atoms with E-state index in [1.165, 1.54) is 24.7 Å². The summed E-state index contributed by atoms with van der Waals surface area (Å²) < 4.78 is 56.4. The van der Waals surface area contributed by atoms with Gasteiger partial charge in [0.25, 0.3) is 10.0 Å². The van der Waals surface area contributed by atoms with Gasteiger partial charge in [-0.25, -0.2) is 21.2 Å². The number of fused-ring (bicyclic) bond motifs is 1. The zero-order valence-corrected chi connectivity index (χ0v) is 18.6. The van der Waals surface area contributed by atoms with Gasteiger partial charge in [-0.05, 0) is 49.0 Å². The van der Waals surface area contributed by atoms with Gasteiger partial charge in [-0.3, -0.25) is 4.98 Å². The summed E-state index contributed by atoms with van der Waals surface area (Å²) in [6, 6.07) is 10.2. The van der Waals surface area contributed by atoms with Crippen molar-refractivity contribution in [3.63, 3.8) is 0 Å². The molecule has 0 atom stereocenters. The van der Waals surface area contributed by atoms with Crippen molar-refractivity contribution in [1.29, 1.82) is 0 Å². The summed E-state index contributed by atoms with van der Waals surface area (Å²) in [5.41, 5.74) is 1.14. The summed E-state index contributed by atoms with van der Waals surface area (Å²) in [5.74, 6) is -1.55. The van der Waals surface area contributed by atoms with Gasteiger partial charge in [0.2, 0.25) is 0 Å². The van der Waals surface area contributed by atoms with Crippen molar-refractivity contribution in [3.05, 3.63) is 82.7 Å². The highest BCUT2D eigenvalue weighted by Gasteiger charge is 2.22. The van der Waals surface area contributed by atoms with Gasteiger partial charge in [0.15, 0.2) is 11.6 Å². The molecule has 4 rings (SSSR count). The van der Waals surface area contributed by atoms with Crippen LogP contribution in [0.1, 0.15) is 5.56 Å². The molecular formula is C21H17BrF2N4O2S. The van der Waals surface area contributed by atoms with Crippen LogP contribution in [-0.2, 0) is 16.6 Å². The van der Waals surface area contributed by atoms with E-state index in [-0.39, 0.29) is 15.1 Å². The zero-order chi connectivity index (χ0) is 22.2. The molecule has 0 saturated heterocycles. The standard InChI is InChI=1S/C21H17BrF2N4O2S/c1-25-10-13-12-28(31(29,30)16-3-2-6-26-11-16)20-9-15(4-5-17(13)20)27-21-18(23)7-14(22)8-19(21)24/h2-9,11-12,25,27H,10H2,1H3. The number of hydrogen-bond acceptors (Lipinski definition) is 5. The summed E-state index contributed by atoms with van der Waals surface area (Å²) in [5, 5.41) is 6.43. The quantitative estimate of drug-likeness (QED) is 0.393. The first kappa shape index (κ1) is 21.4. The van der Waals surface area contributed by atoms with E-state index in [1.807, 2.05) is 0 Å². The molecule has 2 aromatic heterocycles. The fraction of sp³-hybridized carbons (Fsp3) is 0.0952. The fourth-order valence-electron chi connectivity index (χ4n) is 3.29. The third-order valence-corrected chi connectivity index (χ3v) is 6.80. The second kappa shape index (κ2) is 8.37. The normalized spacial score (nSPS) is 11.7. The van der Waals surface area contributed by atoms with Crippen molar-refractivity contribution in [2.45, 2.75) is 11.4 Å². The highest BCUT2D eigenvalue weighted by atomic mass is 79.9. The van der Waals surface area contributed by atoms with Crippen LogP contribution in [0.2, 0.25) is 0 Å². The SMILES string of the molecule is CNCc1cn(S(=O)(=O)c2cccnc2)c2cc(Nc3c(F)cc(Br)cc3F)ccc12. The molecule has 0 bridgehead atoms. The van der Waals surface area contributed by atoms with E-state index in [0.29, 0.717) is 23.1 Å². The summed E-state index contributed by atoms with van der Waals surface area (Å²) in [7, 11) is -2.17. The predicted octanol–water partition coefficient (Wildman–Crippen LogP) is 4.78. The lowest BCUT2D eigenvalue weighted by Gasteiger charge is -2.11. The van der Waals surface area contributed by atoms with Crippen molar-refractivity contribution < 1.29 is 17.2 Å². The van der Waals surface area contributed by atoms with E-state index in [1.54, 1.807) is 31.3 Å². The largest absolute Gasteiger partial charge is 0.351 e. The number of nitrogens with one attached hydrogen (secondary N) is 2. The molecule has 10 heteroatoms. The van der Waals surface area contributed by atoms with E-state index in [0.717, 1.165) is 21.7 Å². The van der Waals surface area contributed by atoms with Crippen LogP contribution in [0.3, 0.4) is 0 Å². The molecule has 0 unspecified atom stereocenters. The smallest absolute Gasteiger partial charge is 0.269 e. The lowest BCUT2D eigenvalue weighted by molar-refractivity contribution is 0.587. The molecule has 2 N–H and O–H groups in total. The Kier molecular flexibility index (Phi) is 5.78. The van der Waals surface area contributed by atoms with Crippen molar-refractivity contribution in [1.82, 2.24) is 14.3 Å². The van der Waals surface area contributed by atoms with Gasteiger partial charge in [0.05, 0.1) is 5.52 Å². The van der Waals surface area contributed by atoms with Crippen molar-refractivity contribution in [2.75, 3.05) is 12.4 Å². The molecular weight excluding hydrogens is 490 g/mol. The maximum Gasteiger partial charge on any atom is 0.269 e. The Hall–Kier alpha value is -2.82. The van der Waals surface area contributed by atoms with E-state index >= 15 is 0 Å². The van der Waals surface area contributed by atoms with Crippen molar-refractivity contribution in [2.24, 2.45) is 0 Å². The van der Waals surface area contributed by atoms with Crippen LogP contribution in [0.5, 0.6) is 0 Å². The number of halogens is 3. The van der Waals surface area contributed by atoms with Gasteiger partial charge in [0.1, 0.15) is 10.6 Å². The average molecular weight is 507 g/mol. The molecule has 0 aliphatic carbocycles. The van der Waals surface area contributed by atoms with Gasteiger partial charge in [-0.2, -0.15) is 0 Å². The van der Waals surface area contributed by atoms with Crippen molar-refractivity contribution in [3.8, 4) is 0 Å². The van der Waals surface area contributed by atoms with Crippen LogP contribution in [0.15, 0.2) is 70.4 Å². The average Bonchev–Trinajstić information content (AvgIpc) is 3.10. The van der Waals surface area contributed by atoms with Crippen LogP contribution in [-0.4, -0.2) is 24.4 Å². The Morgan fingerprint density at radius 3 is 2.52 bits per heavy atom. The minimum atomic E-state index is -3.93. The first-order valence-electron chi connectivity index (χ1n) is 9.17. The van der Waals surface area contributed by atoms with Crippen LogP contribution < -0.4 is 10.6 Å². The van der Waals surface area contributed by atoms with E-state index in [4.69, 9.17) is 0 Å². The highest BCUT2D eigenvalue weighted by Crippen LogP contribution is 2.31. The first-order chi connectivity index (χ1) is 14.8. The Morgan fingerprint density at radius 2 is 1.87 bits per heavy atom. The van der Waals surface area contributed by atoms with Crippen LogP contribution in [0, 0.1) is 11.6 Å². The van der Waals surface area contributed by atoms with Crippen molar-refractivity contribution >= 4 is 48.2 Å².